The minimum absolute atomic E-state index is 0.282. The highest BCUT2D eigenvalue weighted by molar-refractivity contribution is 5.64. The highest BCUT2D eigenvalue weighted by atomic mass is 15.3. The molecule has 0 saturated heterocycles. The third-order valence-electron chi connectivity index (χ3n) is 2.08. The van der Waals surface area contributed by atoms with Crippen molar-refractivity contribution in [2.45, 2.75) is 6.04 Å². The van der Waals surface area contributed by atoms with Crippen molar-refractivity contribution in [2.24, 2.45) is 15.2 Å². The van der Waals surface area contributed by atoms with Crippen molar-refractivity contribution in [1.29, 1.82) is 0 Å². The summed E-state index contributed by atoms with van der Waals surface area (Å²) in [7, 11) is 0. The number of hydrogen-bond donors (Lipinski definition) is 0. The van der Waals surface area contributed by atoms with Crippen molar-refractivity contribution >= 4 is 6.34 Å². The summed E-state index contributed by atoms with van der Waals surface area (Å²) in [6.45, 7) is 0.959. The quantitative estimate of drug-likeness (QED) is 0.500. The van der Waals surface area contributed by atoms with Crippen LogP contribution in [0.2, 0.25) is 0 Å². The molecule has 54 valence electrons. The largest absolute Gasteiger partial charge is 0.335 e. The van der Waals surface area contributed by atoms with E-state index in [2.05, 4.69) is 15.2 Å². The van der Waals surface area contributed by atoms with Crippen molar-refractivity contribution in [3.05, 3.63) is 23.7 Å². The third kappa shape index (κ3) is 0.562. The molecule has 11 heavy (non-hydrogen) atoms. The molecule has 2 bridgehead atoms. The van der Waals surface area contributed by atoms with Gasteiger partial charge in [-0.15, -0.1) is 5.11 Å². The molecule has 0 amide bonds. The van der Waals surface area contributed by atoms with Gasteiger partial charge in [0, 0.05) is 11.8 Å². The predicted molar refractivity (Wildman–Crippen MR) is 40.0 cm³/mol. The van der Waals surface area contributed by atoms with E-state index in [-0.39, 0.29) is 6.04 Å². The van der Waals surface area contributed by atoms with Gasteiger partial charge in [-0.05, 0) is 0 Å². The Kier molecular flexibility index (Phi) is 0.753. The van der Waals surface area contributed by atoms with Gasteiger partial charge < -0.3 is 4.90 Å². The second-order valence-corrected chi connectivity index (χ2v) is 2.79. The number of hydrogen-bond acceptors (Lipinski definition) is 4. The molecule has 0 radical (unpaired) electrons. The Bertz CT molecular complexity index is 323. The molecule has 0 aliphatic carbocycles. The Balaban J connectivity index is 2.18. The molecule has 0 spiro atoms. The normalized spacial score (nSPS) is 30.5. The van der Waals surface area contributed by atoms with E-state index in [0.717, 1.165) is 17.8 Å². The highest BCUT2D eigenvalue weighted by Crippen LogP contribution is 2.31. The zero-order valence-corrected chi connectivity index (χ0v) is 5.81. The van der Waals surface area contributed by atoms with E-state index >= 15 is 0 Å². The molecule has 3 aliphatic heterocycles. The van der Waals surface area contributed by atoms with Gasteiger partial charge in [0.2, 0.25) is 0 Å². The minimum atomic E-state index is 0.282. The van der Waals surface area contributed by atoms with E-state index in [0.29, 0.717) is 0 Å². The molecule has 0 N–H and O–H groups in total. The molecule has 1 unspecified atom stereocenters. The van der Waals surface area contributed by atoms with Crippen LogP contribution in [-0.4, -0.2) is 23.8 Å². The van der Waals surface area contributed by atoms with Crippen LogP contribution in [0.1, 0.15) is 0 Å². The van der Waals surface area contributed by atoms with Crippen molar-refractivity contribution in [3.8, 4) is 0 Å². The average molecular weight is 146 g/mol. The van der Waals surface area contributed by atoms with E-state index in [1.54, 1.807) is 6.20 Å². The van der Waals surface area contributed by atoms with Crippen molar-refractivity contribution in [2.75, 3.05) is 6.54 Å². The van der Waals surface area contributed by atoms with Crippen LogP contribution in [0.3, 0.4) is 0 Å². The molecule has 0 fully saturated rings. The maximum Gasteiger partial charge on any atom is 0.109 e. The van der Waals surface area contributed by atoms with Gasteiger partial charge in [0.25, 0.3) is 0 Å². The summed E-state index contributed by atoms with van der Waals surface area (Å²) >= 11 is 0. The van der Waals surface area contributed by atoms with Crippen LogP contribution < -0.4 is 0 Å². The highest BCUT2D eigenvalue weighted by Gasteiger charge is 2.30. The predicted octanol–water partition coefficient (Wildman–Crippen LogP) is 0.904. The SMILES string of the molecule is C1=NC2CN1C=C1N=NC=C12. The molecule has 3 aliphatic rings. The standard InChI is InChI=1S/C7H6N4/c1-5-6-2-11(4-8-6)3-7(5)10-9-1/h1,3-4,6H,2H2. The molecule has 0 aromatic rings. The van der Waals surface area contributed by atoms with Crippen LogP contribution in [0.25, 0.3) is 0 Å². The Morgan fingerprint density at radius 2 is 2.55 bits per heavy atom. The minimum Gasteiger partial charge on any atom is -0.335 e. The van der Waals surface area contributed by atoms with Crippen molar-refractivity contribution in [1.82, 2.24) is 4.90 Å². The summed E-state index contributed by atoms with van der Waals surface area (Å²) in [5.74, 6) is 0. The number of azo groups is 1. The zero-order valence-electron chi connectivity index (χ0n) is 5.81. The molecule has 3 heterocycles. The molecule has 1 atom stereocenters. The van der Waals surface area contributed by atoms with Crippen LogP contribution in [-0.2, 0) is 0 Å². The lowest BCUT2D eigenvalue weighted by Gasteiger charge is -2.18. The van der Waals surface area contributed by atoms with Crippen LogP contribution in [0.4, 0.5) is 0 Å². The summed E-state index contributed by atoms with van der Waals surface area (Å²) < 4.78 is 0. The lowest BCUT2D eigenvalue weighted by atomic mass is 10.0. The van der Waals surface area contributed by atoms with E-state index in [9.17, 15) is 0 Å². The van der Waals surface area contributed by atoms with Crippen LogP contribution in [0, 0.1) is 0 Å². The third-order valence-corrected chi connectivity index (χ3v) is 2.08. The molecule has 0 aromatic heterocycles. The fourth-order valence-electron chi connectivity index (χ4n) is 1.52. The van der Waals surface area contributed by atoms with Gasteiger partial charge in [0.05, 0.1) is 25.1 Å². The first kappa shape index (κ1) is 5.23. The summed E-state index contributed by atoms with van der Waals surface area (Å²) in [5, 5.41) is 7.81. The lowest BCUT2D eigenvalue weighted by Crippen LogP contribution is -2.24. The van der Waals surface area contributed by atoms with Gasteiger partial charge in [0.15, 0.2) is 0 Å². The number of nitrogens with zero attached hydrogens (tertiary/aromatic N) is 4. The Morgan fingerprint density at radius 1 is 1.55 bits per heavy atom. The van der Waals surface area contributed by atoms with Gasteiger partial charge in [-0.2, -0.15) is 5.11 Å². The first-order valence-corrected chi connectivity index (χ1v) is 3.56. The summed E-state index contributed by atoms with van der Waals surface area (Å²) in [6.07, 6.45) is 5.64. The van der Waals surface area contributed by atoms with Crippen LogP contribution in [0.5, 0.6) is 0 Å². The van der Waals surface area contributed by atoms with Crippen LogP contribution >= 0.6 is 0 Å². The van der Waals surface area contributed by atoms with Crippen LogP contribution in [0.15, 0.2) is 38.9 Å². The summed E-state index contributed by atoms with van der Waals surface area (Å²) in [6, 6.07) is 0.282. The summed E-state index contributed by atoms with van der Waals surface area (Å²) in [5.41, 5.74) is 2.13. The number of fused-ring (bicyclic) bond motifs is 4. The monoisotopic (exact) mass is 146 g/mol. The second kappa shape index (κ2) is 1.58. The fourth-order valence-corrected chi connectivity index (χ4v) is 1.52. The van der Waals surface area contributed by atoms with E-state index in [1.165, 1.54) is 0 Å². The van der Waals surface area contributed by atoms with Gasteiger partial charge in [-0.25, -0.2) is 0 Å². The van der Waals surface area contributed by atoms with Gasteiger partial charge in [-0.1, -0.05) is 0 Å². The Hall–Kier alpha value is -1.45. The fraction of sp³-hybridized carbons (Fsp3) is 0.286. The molecular weight excluding hydrogens is 140 g/mol. The molecule has 0 saturated carbocycles. The number of aliphatic imine (C=N–C) groups is 1. The maximum absolute atomic E-state index is 4.30. The molecule has 4 heteroatoms. The molecule has 0 aromatic carbocycles. The zero-order chi connectivity index (χ0) is 7.26. The van der Waals surface area contributed by atoms with Gasteiger partial charge in [-0.3, -0.25) is 4.99 Å². The van der Waals surface area contributed by atoms with Gasteiger partial charge in [0.1, 0.15) is 5.70 Å². The number of rotatable bonds is 0. The van der Waals surface area contributed by atoms with E-state index < -0.39 is 0 Å². The Morgan fingerprint density at radius 3 is 3.55 bits per heavy atom. The first-order valence-electron chi connectivity index (χ1n) is 3.56. The van der Waals surface area contributed by atoms with E-state index in [1.807, 2.05) is 17.4 Å². The first-order chi connectivity index (χ1) is 5.43. The lowest BCUT2D eigenvalue weighted by molar-refractivity contribution is 0.552. The smallest absolute Gasteiger partial charge is 0.109 e. The topological polar surface area (TPSA) is 40.3 Å². The molecule has 3 rings (SSSR count). The van der Waals surface area contributed by atoms with Gasteiger partial charge >= 0.3 is 0 Å². The Labute approximate surface area is 63.6 Å². The molecule has 4 nitrogen and oxygen atoms in total. The maximum atomic E-state index is 4.30. The molecular formula is C7H6N4. The van der Waals surface area contributed by atoms with Crippen molar-refractivity contribution in [3.63, 3.8) is 0 Å². The summed E-state index contributed by atoms with van der Waals surface area (Å²) in [4.78, 5) is 6.34. The van der Waals surface area contributed by atoms with E-state index in [4.69, 9.17) is 0 Å². The second-order valence-electron chi connectivity index (χ2n) is 2.79. The van der Waals surface area contributed by atoms with Crippen molar-refractivity contribution < 1.29 is 0 Å². The average Bonchev–Trinajstić information content (AvgIpc) is 2.58.